The number of carbonyl (C=O) groups is 1. The summed E-state index contributed by atoms with van der Waals surface area (Å²) in [5.74, 6) is -0.557. The van der Waals surface area contributed by atoms with Crippen LogP contribution < -0.4 is 11.5 Å². The van der Waals surface area contributed by atoms with E-state index in [4.69, 9.17) is 16.2 Å². The average Bonchev–Trinajstić information content (AvgIpc) is 2.44. The van der Waals surface area contributed by atoms with E-state index in [1.54, 1.807) is 0 Å². The van der Waals surface area contributed by atoms with Gasteiger partial charge >= 0.3 is 0 Å². The van der Waals surface area contributed by atoms with E-state index < -0.39 is 0 Å². The topological polar surface area (TPSA) is 78.3 Å². The number of rotatable bonds is 1. The van der Waals surface area contributed by atoms with Crippen LogP contribution in [0.3, 0.4) is 0 Å². The van der Waals surface area contributed by atoms with Crippen LogP contribution in [0.25, 0.3) is 0 Å². The molecular weight excluding hydrogens is 144 g/mol. The SMILES string of the molecule is NC(=O)C1C2CCC(O2)C1N. The molecule has 2 rings (SSSR count). The molecular formula is C7H12N2O2. The molecule has 0 aromatic carbocycles. The van der Waals surface area contributed by atoms with Crippen LogP contribution in [0.15, 0.2) is 0 Å². The lowest BCUT2D eigenvalue weighted by Crippen LogP contribution is -2.46. The zero-order valence-electron chi connectivity index (χ0n) is 6.19. The third-order valence-electron chi connectivity index (χ3n) is 2.66. The number of carbonyl (C=O) groups excluding carboxylic acids is 1. The molecule has 11 heavy (non-hydrogen) atoms. The van der Waals surface area contributed by atoms with Gasteiger partial charge in [-0.15, -0.1) is 0 Å². The van der Waals surface area contributed by atoms with Crippen LogP contribution >= 0.6 is 0 Å². The van der Waals surface area contributed by atoms with Gasteiger partial charge in [-0.25, -0.2) is 0 Å². The van der Waals surface area contributed by atoms with Crippen molar-refractivity contribution >= 4 is 5.91 Å². The third-order valence-corrected chi connectivity index (χ3v) is 2.66. The minimum Gasteiger partial charge on any atom is -0.372 e. The summed E-state index contributed by atoms with van der Waals surface area (Å²) in [5, 5.41) is 0. The Labute approximate surface area is 64.9 Å². The maximum Gasteiger partial charge on any atom is 0.224 e. The molecule has 2 heterocycles. The van der Waals surface area contributed by atoms with Gasteiger partial charge < -0.3 is 16.2 Å². The molecule has 0 aromatic rings. The quantitative estimate of drug-likeness (QED) is 0.510. The molecule has 4 N–H and O–H groups in total. The molecule has 4 unspecified atom stereocenters. The fourth-order valence-corrected chi connectivity index (χ4v) is 2.09. The van der Waals surface area contributed by atoms with Gasteiger partial charge in [0.25, 0.3) is 0 Å². The second-order valence-corrected chi connectivity index (χ2v) is 3.30. The van der Waals surface area contributed by atoms with E-state index in [0.717, 1.165) is 12.8 Å². The predicted molar refractivity (Wildman–Crippen MR) is 38.6 cm³/mol. The monoisotopic (exact) mass is 156 g/mol. The predicted octanol–water partition coefficient (Wildman–Crippen LogP) is -1.02. The summed E-state index contributed by atoms with van der Waals surface area (Å²) in [6.07, 6.45) is 2.01. The molecule has 2 bridgehead atoms. The summed E-state index contributed by atoms with van der Waals surface area (Å²) in [4.78, 5) is 10.9. The molecule has 4 nitrogen and oxygen atoms in total. The minimum absolute atomic E-state index is 0.00694. The van der Waals surface area contributed by atoms with Gasteiger partial charge in [0.05, 0.1) is 18.1 Å². The van der Waals surface area contributed by atoms with Crippen LogP contribution in [0.2, 0.25) is 0 Å². The van der Waals surface area contributed by atoms with Crippen molar-refractivity contribution in [2.24, 2.45) is 17.4 Å². The van der Waals surface area contributed by atoms with Crippen molar-refractivity contribution in [2.45, 2.75) is 31.1 Å². The van der Waals surface area contributed by atoms with Crippen LogP contribution in [0, 0.1) is 5.92 Å². The van der Waals surface area contributed by atoms with E-state index in [-0.39, 0.29) is 30.1 Å². The minimum atomic E-state index is -0.315. The molecule has 1 amide bonds. The number of hydrogen-bond donors (Lipinski definition) is 2. The van der Waals surface area contributed by atoms with E-state index in [1.165, 1.54) is 0 Å². The Morgan fingerprint density at radius 1 is 1.36 bits per heavy atom. The molecule has 2 saturated heterocycles. The number of ether oxygens (including phenoxy) is 1. The van der Waals surface area contributed by atoms with Crippen molar-refractivity contribution in [3.8, 4) is 0 Å². The molecule has 0 radical (unpaired) electrons. The van der Waals surface area contributed by atoms with Gasteiger partial charge in [-0.2, -0.15) is 0 Å². The molecule has 0 aliphatic carbocycles. The maximum atomic E-state index is 10.9. The number of hydrogen-bond acceptors (Lipinski definition) is 3. The standard InChI is InChI=1S/C7H12N2O2/c8-6-4-2-1-3(11-4)5(6)7(9)10/h3-6H,1-2,8H2,(H2,9,10). The lowest BCUT2D eigenvalue weighted by Gasteiger charge is -2.21. The van der Waals surface area contributed by atoms with E-state index in [1.807, 2.05) is 0 Å². The van der Waals surface area contributed by atoms with Crippen molar-refractivity contribution in [3.05, 3.63) is 0 Å². The van der Waals surface area contributed by atoms with Crippen LogP contribution in [0.5, 0.6) is 0 Å². The summed E-state index contributed by atoms with van der Waals surface area (Å²) in [6.45, 7) is 0. The molecule has 4 heteroatoms. The Hall–Kier alpha value is -0.610. The zero-order valence-corrected chi connectivity index (χ0v) is 6.19. The molecule has 2 fully saturated rings. The Balaban J connectivity index is 2.17. The first-order valence-electron chi connectivity index (χ1n) is 3.90. The average molecular weight is 156 g/mol. The van der Waals surface area contributed by atoms with Crippen LogP contribution in [-0.2, 0) is 9.53 Å². The van der Waals surface area contributed by atoms with Gasteiger partial charge in [0.15, 0.2) is 0 Å². The third kappa shape index (κ3) is 0.862. The highest BCUT2D eigenvalue weighted by atomic mass is 16.5. The van der Waals surface area contributed by atoms with E-state index >= 15 is 0 Å². The lowest BCUT2D eigenvalue weighted by atomic mass is 9.85. The normalized spacial score (nSPS) is 48.1. The van der Waals surface area contributed by atoms with Crippen molar-refractivity contribution in [1.82, 2.24) is 0 Å². The summed E-state index contributed by atoms with van der Waals surface area (Å²) >= 11 is 0. The molecule has 2 aliphatic rings. The van der Waals surface area contributed by atoms with E-state index in [0.29, 0.717) is 0 Å². The Morgan fingerprint density at radius 3 is 2.36 bits per heavy atom. The first-order valence-corrected chi connectivity index (χ1v) is 3.90. The molecule has 62 valence electrons. The van der Waals surface area contributed by atoms with Gasteiger partial charge in [0.1, 0.15) is 0 Å². The highest BCUT2D eigenvalue weighted by Gasteiger charge is 2.49. The van der Waals surface area contributed by atoms with Crippen LogP contribution in [0.4, 0.5) is 0 Å². The molecule has 0 saturated carbocycles. The summed E-state index contributed by atoms with van der Waals surface area (Å²) in [7, 11) is 0. The summed E-state index contributed by atoms with van der Waals surface area (Å²) in [5.41, 5.74) is 10.9. The Kier molecular flexibility index (Phi) is 1.40. The van der Waals surface area contributed by atoms with Gasteiger partial charge in [-0.1, -0.05) is 0 Å². The van der Waals surface area contributed by atoms with Gasteiger partial charge in [-0.3, -0.25) is 4.79 Å². The summed E-state index contributed by atoms with van der Waals surface area (Å²) < 4.78 is 5.43. The van der Waals surface area contributed by atoms with Gasteiger partial charge in [0.2, 0.25) is 5.91 Å². The zero-order chi connectivity index (χ0) is 8.01. The maximum absolute atomic E-state index is 10.9. The van der Waals surface area contributed by atoms with Crippen LogP contribution in [-0.4, -0.2) is 24.2 Å². The first-order chi connectivity index (χ1) is 5.20. The largest absolute Gasteiger partial charge is 0.372 e. The van der Waals surface area contributed by atoms with Crippen molar-refractivity contribution in [2.75, 3.05) is 0 Å². The molecule has 0 spiro atoms. The lowest BCUT2D eigenvalue weighted by molar-refractivity contribution is -0.123. The van der Waals surface area contributed by atoms with Gasteiger partial charge in [0, 0.05) is 6.04 Å². The number of primary amides is 1. The van der Waals surface area contributed by atoms with Crippen LogP contribution in [0.1, 0.15) is 12.8 Å². The first kappa shape index (κ1) is 7.06. The highest BCUT2D eigenvalue weighted by molar-refractivity contribution is 5.78. The molecule has 4 atom stereocenters. The van der Waals surface area contributed by atoms with Gasteiger partial charge in [-0.05, 0) is 12.8 Å². The summed E-state index contributed by atoms with van der Waals surface area (Å²) in [6, 6.07) is -0.161. The van der Waals surface area contributed by atoms with E-state index in [2.05, 4.69) is 0 Å². The second kappa shape index (κ2) is 2.19. The smallest absolute Gasteiger partial charge is 0.224 e. The fraction of sp³-hybridized carbons (Fsp3) is 0.857. The molecule has 0 aromatic heterocycles. The fourth-order valence-electron chi connectivity index (χ4n) is 2.09. The Bertz CT molecular complexity index is 193. The van der Waals surface area contributed by atoms with Crippen molar-refractivity contribution in [3.63, 3.8) is 0 Å². The molecule has 2 aliphatic heterocycles. The number of nitrogens with two attached hydrogens (primary N) is 2. The number of fused-ring (bicyclic) bond motifs is 2. The second-order valence-electron chi connectivity index (χ2n) is 3.30. The Morgan fingerprint density at radius 2 is 2.00 bits per heavy atom. The highest BCUT2D eigenvalue weighted by Crippen LogP contribution is 2.37. The van der Waals surface area contributed by atoms with Crippen molar-refractivity contribution in [1.29, 1.82) is 0 Å². The van der Waals surface area contributed by atoms with Crippen molar-refractivity contribution < 1.29 is 9.53 Å². The van der Waals surface area contributed by atoms with E-state index in [9.17, 15) is 4.79 Å². The number of amides is 1.